The molecule has 17 heavy (non-hydrogen) atoms. The number of nitrogens with two attached hydrogens (primary N) is 1. The molecule has 1 atom stereocenters. The number of aryl methyl sites for hydroxylation is 2. The standard InChI is InChI=1S/C12H15NO4/c1-6-4-8(9(17-3)5-7(6)2)11(14)10(13)12(15)16/h4-5,10H,13H2,1-3H3,(H,15,16). The molecule has 5 heteroatoms. The maximum atomic E-state index is 11.8. The molecule has 92 valence electrons. The van der Waals surface area contributed by atoms with E-state index in [1.165, 1.54) is 7.11 Å². The lowest BCUT2D eigenvalue weighted by atomic mass is 9.99. The van der Waals surface area contributed by atoms with E-state index in [-0.39, 0.29) is 5.56 Å². The molecule has 0 spiro atoms. The fourth-order valence-electron chi connectivity index (χ4n) is 1.43. The Bertz CT molecular complexity index is 468. The van der Waals surface area contributed by atoms with Crippen LogP contribution in [-0.4, -0.2) is 30.0 Å². The molecule has 0 radical (unpaired) electrons. The molecule has 1 aromatic carbocycles. The van der Waals surface area contributed by atoms with Crippen molar-refractivity contribution in [3.63, 3.8) is 0 Å². The highest BCUT2D eigenvalue weighted by Crippen LogP contribution is 2.24. The van der Waals surface area contributed by atoms with Crippen LogP contribution in [0.2, 0.25) is 0 Å². The molecule has 1 rings (SSSR count). The molecule has 0 aliphatic rings. The molecule has 1 aromatic rings. The van der Waals surface area contributed by atoms with Crippen molar-refractivity contribution in [2.24, 2.45) is 5.73 Å². The van der Waals surface area contributed by atoms with Crippen LogP contribution in [0.4, 0.5) is 0 Å². The number of carboxylic acid groups (broad SMARTS) is 1. The number of carbonyl (C=O) groups excluding carboxylic acids is 1. The second-order valence-corrected chi connectivity index (χ2v) is 3.82. The maximum Gasteiger partial charge on any atom is 0.328 e. The Hall–Kier alpha value is -1.88. The van der Waals surface area contributed by atoms with Crippen molar-refractivity contribution in [2.45, 2.75) is 19.9 Å². The van der Waals surface area contributed by atoms with Crippen LogP contribution in [-0.2, 0) is 4.79 Å². The van der Waals surface area contributed by atoms with Crippen LogP contribution in [0.1, 0.15) is 21.5 Å². The van der Waals surface area contributed by atoms with Gasteiger partial charge in [-0.2, -0.15) is 0 Å². The van der Waals surface area contributed by atoms with E-state index in [9.17, 15) is 9.59 Å². The number of benzene rings is 1. The molecule has 5 nitrogen and oxygen atoms in total. The Morgan fingerprint density at radius 1 is 1.29 bits per heavy atom. The Morgan fingerprint density at radius 3 is 2.29 bits per heavy atom. The van der Waals surface area contributed by atoms with Gasteiger partial charge >= 0.3 is 5.97 Å². The van der Waals surface area contributed by atoms with Crippen LogP contribution in [0, 0.1) is 13.8 Å². The first-order chi connectivity index (χ1) is 7.88. The van der Waals surface area contributed by atoms with E-state index >= 15 is 0 Å². The third kappa shape index (κ3) is 2.62. The van der Waals surface area contributed by atoms with Crippen molar-refractivity contribution in [1.29, 1.82) is 0 Å². The van der Waals surface area contributed by atoms with Gasteiger partial charge in [0.25, 0.3) is 0 Å². The normalized spacial score (nSPS) is 12.0. The smallest absolute Gasteiger partial charge is 0.328 e. The van der Waals surface area contributed by atoms with Crippen molar-refractivity contribution in [3.8, 4) is 5.75 Å². The second kappa shape index (κ2) is 4.97. The number of aliphatic carboxylic acids is 1. The topological polar surface area (TPSA) is 89.6 Å². The maximum absolute atomic E-state index is 11.8. The lowest BCUT2D eigenvalue weighted by Crippen LogP contribution is -2.38. The van der Waals surface area contributed by atoms with Gasteiger partial charge < -0.3 is 15.6 Å². The van der Waals surface area contributed by atoms with E-state index < -0.39 is 17.8 Å². The summed E-state index contributed by atoms with van der Waals surface area (Å²) in [7, 11) is 1.42. The number of methoxy groups -OCH3 is 1. The summed E-state index contributed by atoms with van der Waals surface area (Å²) >= 11 is 0. The molecule has 0 aliphatic heterocycles. The van der Waals surface area contributed by atoms with Crippen LogP contribution in [0.25, 0.3) is 0 Å². The van der Waals surface area contributed by atoms with Gasteiger partial charge in [-0.3, -0.25) is 9.59 Å². The Labute approximate surface area is 99.2 Å². The monoisotopic (exact) mass is 237 g/mol. The largest absolute Gasteiger partial charge is 0.496 e. The van der Waals surface area contributed by atoms with Crippen molar-refractivity contribution >= 4 is 11.8 Å². The minimum Gasteiger partial charge on any atom is -0.496 e. The third-order valence-corrected chi connectivity index (χ3v) is 2.63. The van der Waals surface area contributed by atoms with E-state index in [2.05, 4.69) is 0 Å². The molecule has 1 unspecified atom stereocenters. The van der Waals surface area contributed by atoms with Crippen LogP contribution in [0.3, 0.4) is 0 Å². The van der Waals surface area contributed by atoms with E-state index in [4.69, 9.17) is 15.6 Å². The van der Waals surface area contributed by atoms with Gasteiger partial charge in [-0.05, 0) is 37.1 Å². The SMILES string of the molecule is COc1cc(C)c(C)cc1C(=O)C(N)C(=O)O. The number of rotatable bonds is 4. The van der Waals surface area contributed by atoms with Gasteiger partial charge in [-0.15, -0.1) is 0 Å². The summed E-state index contributed by atoms with van der Waals surface area (Å²) in [4.78, 5) is 22.5. The molecule has 3 N–H and O–H groups in total. The van der Waals surface area contributed by atoms with Crippen molar-refractivity contribution in [1.82, 2.24) is 0 Å². The molecular weight excluding hydrogens is 222 g/mol. The minimum absolute atomic E-state index is 0.200. The zero-order chi connectivity index (χ0) is 13.2. The molecule has 0 bridgehead atoms. The van der Waals surface area contributed by atoms with E-state index in [1.807, 2.05) is 13.8 Å². The van der Waals surface area contributed by atoms with E-state index in [1.54, 1.807) is 12.1 Å². The van der Waals surface area contributed by atoms with E-state index in [0.29, 0.717) is 5.75 Å². The highest BCUT2D eigenvalue weighted by atomic mass is 16.5. The van der Waals surface area contributed by atoms with Gasteiger partial charge in [0.2, 0.25) is 0 Å². The number of carboxylic acids is 1. The number of ether oxygens (including phenoxy) is 1. The average molecular weight is 237 g/mol. The number of ketones is 1. The predicted octanol–water partition coefficient (Wildman–Crippen LogP) is 0.907. The van der Waals surface area contributed by atoms with Crippen LogP contribution in [0.15, 0.2) is 12.1 Å². The van der Waals surface area contributed by atoms with Crippen molar-refractivity contribution in [3.05, 3.63) is 28.8 Å². The van der Waals surface area contributed by atoms with Crippen molar-refractivity contribution in [2.75, 3.05) is 7.11 Å². The number of Topliss-reactive ketones (excluding diaryl/α,β-unsaturated/α-hetero) is 1. The summed E-state index contributed by atoms with van der Waals surface area (Å²) in [6.07, 6.45) is 0. The quantitative estimate of drug-likeness (QED) is 0.600. The predicted molar refractivity (Wildman–Crippen MR) is 62.4 cm³/mol. The van der Waals surface area contributed by atoms with Gasteiger partial charge in [-0.1, -0.05) is 0 Å². The van der Waals surface area contributed by atoms with Gasteiger partial charge in [0.1, 0.15) is 5.75 Å². The Morgan fingerprint density at radius 2 is 1.82 bits per heavy atom. The number of hydrogen-bond donors (Lipinski definition) is 2. The van der Waals surface area contributed by atoms with Gasteiger partial charge in [0.15, 0.2) is 11.8 Å². The molecule has 0 aliphatic carbocycles. The summed E-state index contributed by atoms with van der Waals surface area (Å²) in [5.74, 6) is -1.66. The molecule has 0 saturated carbocycles. The zero-order valence-electron chi connectivity index (χ0n) is 9.98. The molecule has 0 fully saturated rings. The molecule has 0 heterocycles. The average Bonchev–Trinajstić information content (AvgIpc) is 2.29. The first-order valence-corrected chi connectivity index (χ1v) is 5.06. The zero-order valence-corrected chi connectivity index (χ0v) is 9.98. The fourth-order valence-corrected chi connectivity index (χ4v) is 1.43. The molecule has 0 aromatic heterocycles. The first-order valence-electron chi connectivity index (χ1n) is 5.06. The summed E-state index contributed by atoms with van der Waals surface area (Å²) in [6, 6.07) is 1.72. The second-order valence-electron chi connectivity index (χ2n) is 3.82. The lowest BCUT2D eigenvalue weighted by Gasteiger charge is -2.12. The van der Waals surface area contributed by atoms with Gasteiger partial charge in [-0.25, -0.2) is 0 Å². The number of hydrogen-bond acceptors (Lipinski definition) is 4. The van der Waals surface area contributed by atoms with Crippen LogP contribution in [0.5, 0.6) is 5.75 Å². The highest BCUT2D eigenvalue weighted by molar-refractivity contribution is 6.12. The molecule has 0 amide bonds. The highest BCUT2D eigenvalue weighted by Gasteiger charge is 2.25. The van der Waals surface area contributed by atoms with Crippen molar-refractivity contribution < 1.29 is 19.4 Å². The Kier molecular flexibility index (Phi) is 3.85. The van der Waals surface area contributed by atoms with Gasteiger partial charge in [0, 0.05) is 0 Å². The van der Waals surface area contributed by atoms with E-state index in [0.717, 1.165) is 11.1 Å². The van der Waals surface area contributed by atoms with Crippen LogP contribution >= 0.6 is 0 Å². The summed E-state index contributed by atoms with van der Waals surface area (Å²) in [6.45, 7) is 3.71. The summed E-state index contributed by atoms with van der Waals surface area (Å²) in [5, 5.41) is 8.71. The summed E-state index contributed by atoms with van der Waals surface area (Å²) in [5.41, 5.74) is 7.34. The fraction of sp³-hybridized carbons (Fsp3) is 0.333. The van der Waals surface area contributed by atoms with Crippen LogP contribution < -0.4 is 10.5 Å². The first kappa shape index (κ1) is 13.2. The molecular formula is C12H15NO4. The molecule has 0 saturated heterocycles. The minimum atomic E-state index is -1.56. The third-order valence-electron chi connectivity index (χ3n) is 2.63. The Balaban J connectivity index is 3.25. The number of carbonyl (C=O) groups is 2. The summed E-state index contributed by atoms with van der Waals surface area (Å²) < 4.78 is 5.06. The lowest BCUT2D eigenvalue weighted by molar-refractivity contribution is -0.137. The van der Waals surface area contributed by atoms with Gasteiger partial charge in [0.05, 0.1) is 12.7 Å².